The lowest BCUT2D eigenvalue weighted by molar-refractivity contribution is -0.150. The maximum absolute atomic E-state index is 13.8. The Morgan fingerprint density at radius 1 is 1.14 bits per heavy atom. The van der Waals surface area contributed by atoms with Crippen molar-refractivity contribution in [3.05, 3.63) is 41.5 Å². The van der Waals surface area contributed by atoms with Gasteiger partial charge in [0.1, 0.15) is 12.0 Å². The number of anilines is 1. The number of halogens is 1. The number of nitrogens with one attached hydrogen (secondary N) is 2. The summed E-state index contributed by atoms with van der Waals surface area (Å²) in [4.78, 5) is 31.0. The molecule has 0 saturated heterocycles. The van der Waals surface area contributed by atoms with Gasteiger partial charge in [0.2, 0.25) is 11.2 Å². The highest BCUT2D eigenvalue weighted by Gasteiger charge is 2.61. The van der Waals surface area contributed by atoms with Crippen molar-refractivity contribution in [1.29, 1.82) is 0 Å². The molecule has 0 aromatic carbocycles. The maximum atomic E-state index is 13.8. The summed E-state index contributed by atoms with van der Waals surface area (Å²) in [5.74, 6) is 0.571. The van der Waals surface area contributed by atoms with E-state index >= 15 is 0 Å². The van der Waals surface area contributed by atoms with Crippen molar-refractivity contribution in [2.75, 3.05) is 5.32 Å². The molecular formula is C23H28ClN9O2. The molecule has 2 unspecified atom stereocenters. The normalized spacial score (nSPS) is 28.9. The highest BCUT2D eigenvalue weighted by atomic mass is 35.5. The number of hydrogen-bond acceptors (Lipinski definition) is 6. The summed E-state index contributed by atoms with van der Waals surface area (Å²) >= 11 is 6.05. The zero-order valence-electron chi connectivity index (χ0n) is 19.7. The monoisotopic (exact) mass is 497 g/mol. The van der Waals surface area contributed by atoms with Crippen LogP contribution in [0, 0.1) is 17.3 Å². The van der Waals surface area contributed by atoms with E-state index in [1.54, 1.807) is 30.5 Å². The van der Waals surface area contributed by atoms with E-state index in [4.69, 9.17) is 11.6 Å². The number of amides is 2. The average Bonchev–Trinajstić information content (AvgIpc) is 3.52. The third-order valence-electron chi connectivity index (χ3n) is 8.08. The second kappa shape index (κ2) is 7.91. The summed E-state index contributed by atoms with van der Waals surface area (Å²) in [6, 6.07) is 0. The zero-order chi connectivity index (χ0) is 24.4. The molecular weight excluding hydrogens is 470 g/mol. The van der Waals surface area contributed by atoms with E-state index in [1.165, 1.54) is 4.68 Å². The van der Waals surface area contributed by atoms with Crippen molar-refractivity contribution in [3.63, 3.8) is 0 Å². The first-order valence-electron chi connectivity index (χ1n) is 11.9. The second-order valence-corrected chi connectivity index (χ2v) is 11.0. The summed E-state index contributed by atoms with van der Waals surface area (Å²) in [5, 5.41) is 19.0. The van der Waals surface area contributed by atoms with Gasteiger partial charge in [-0.3, -0.25) is 19.0 Å². The van der Waals surface area contributed by atoms with E-state index in [-0.39, 0.29) is 22.6 Å². The molecule has 12 heteroatoms. The third-order valence-corrected chi connectivity index (χ3v) is 8.25. The zero-order valence-corrected chi connectivity index (χ0v) is 20.5. The lowest BCUT2D eigenvalue weighted by Gasteiger charge is -2.60. The van der Waals surface area contributed by atoms with E-state index in [9.17, 15) is 9.59 Å². The van der Waals surface area contributed by atoms with E-state index in [1.807, 2.05) is 17.9 Å². The van der Waals surface area contributed by atoms with Crippen molar-refractivity contribution in [2.24, 2.45) is 31.3 Å². The fourth-order valence-electron chi connectivity index (χ4n) is 7.10. The Balaban J connectivity index is 1.23. The predicted molar refractivity (Wildman–Crippen MR) is 126 cm³/mol. The van der Waals surface area contributed by atoms with Crippen LogP contribution in [0.2, 0.25) is 5.28 Å². The van der Waals surface area contributed by atoms with Gasteiger partial charge in [-0.15, -0.1) is 5.10 Å². The maximum Gasteiger partial charge on any atom is 0.271 e. The van der Waals surface area contributed by atoms with E-state index < -0.39 is 5.41 Å². The van der Waals surface area contributed by atoms with Gasteiger partial charge >= 0.3 is 0 Å². The van der Waals surface area contributed by atoms with Crippen molar-refractivity contribution >= 4 is 29.1 Å². The number of aromatic nitrogens is 7. The Morgan fingerprint density at radius 2 is 1.91 bits per heavy atom. The standard InChI is InChI=1S/C23H28ClN9O2/c1-31-11-16(9-27-31)8-25-19(34)18-17(10-28-32(18)2)29-20(35)22-4-14-3-15(5-22)7-23(6-14,12-22)33-13-26-21(24)30-33/h9-11,13-15H,3-8,12H2,1-2H3,(H,25,34)(H,29,35). The molecule has 2 atom stereocenters. The highest BCUT2D eigenvalue weighted by Crippen LogP contribution is 2.64. The lowest BCUT2D eigenvalue weighted by Crippen LogP contribution is -2.60. The predicted octanol–water partition coefficient (Wildman–Crippen LogP) is 2.26. The van der Waals surface area contributed by atoms with Gasteiger partial charge in [0.15, 0.2) is 0 Å². The molecule has 4 aliphatic carbocycles. The molecule has 0 radical (unpaired) electrons. The number of carbonyl (C=O) groups excluding carboxylic acids is 2. The van der Waals surface area contributed by atoms with Crippen LogP contribution in [0.1, 0.15) is 54.6 Å². The fraction of sp³-hybridized carbons (Fsp3) is 0.565. The second-order valence-electron chi connectivity index (χ2n) is 10.6. The molecule has 184 valence electrons. The van der Waals surface area contributed by atoms with Gasteiger partial charge in [0, 0.05) is 32.4 Å². The molecule has 0 aliphatic heterocycles. The highest BCUT2D eigenvalue weighted by molar-refractivity contribution is 6.28. The quantitative estimate of drug-likeness (QED) is 0.538. The molecule has 3 aromatic rings. The van der Waals surface area contributed by atoms with Crippen LogP contribution in [0.3, 0.4) is 0 Å². The molecule has 4 bridgehead atoms. The molecule has 4 saturated carbocycles. The Bertz CT molecular complexity index is 1290. The molecule has 3 heterocycles. The number of nitrogens with zero attached hydrogens (tertiary/aromatic N) is 7. The number of aryl methyl sites for hydroxylation is 2. The Labute approximate surface area is 207 Å². The summed E-state index contributed by atoms with van der Waals surface area (Å²) in [5.41, 5.74) is 0.891. The summed E-state index contributed by atoms with van der Waals surface area (Å²) < 4.78 is 5.08. The molecule has 7 rings (SSSR count). The minimum atomic E-state index is -0.512. The van der Waals surface area contributed by atoms with Crippen LogP contribution in [0.15, 0.2) is 24.9 Å². The topological polar surface area (TPSA) is 125 Å². The molecule has 11 nitrogen and oxygen atoms in total. The van der Waals surface area contributed by atoms with Crippen molar-refractivity contribution in [3.8, 4) is 0 Å². The van der Waals surface area contributed by atoms with Gasteiger partial charge in [-0.05, 0) is 62.0 Å². The SMILES string of the molecule is Cn1cc(CNC(=O)c2c(NC(=O)C34CC5CC(C3)CC(n3cnc(Cl)n3)(C5)C4)cnn2C)cn1. The van der Waals surface area contributed by atoms with Gasteiger partial charge < -0.3 is 10.6 Å². The summed E-state index contributed by atoms with van der Waals surface area (Å²) in [7, 11) is 3.52. The van der Waals surface area contributed by atoms with Gasteiger partial charge in [-0.25, -0.2) is 9.67 Å². The van der Waals surface area contributed by atoms with E-state index in [0.717, 1.165) is 37.7 Å². The first kappa shape index (κ1) is 22.3. The minimum absolute atomic E-state index is 0.0449. The minimum Gasteiger partial charge on any atom is -0.346 e. The van der Waals surface area contributed by atoms with E-state index in [2.05, 4.69) is 30.9 Å². The van der Waals surface area contributed by atoms with Crippen LogP contribution in [0.25, 0.3) is 0 Å². The van der Waals surface area contributed by atoms with Crippen molar-refractivity contribution in [2.45, 2.75) is 50.6 Å². The summed E-state index contributed by atoms with van der Waals surface area (Å²) in [6.45, 7) is 0.335. The molecule has 35 heavy (non-hydrogen) atoms. The van der Waals surface area contributed by atoms with Crippen LogP contribution in [0.4, 0.5) is 5.69 Å². The smallest absolute Gasteiger partial charge is 0.271 e. The van der Waals surface area contributed by atoms with Crippen LogP contribution >= 0.6 is 11.6 Å². The molecule has 4 fully saturated rings. The lowest BCUT2D eigenvalue weighted by atomic mass is 9.46. The number of rotatable bonds is 6. The van der Waals surface area contributed by atoms with Crippen LogP contribution < -0.4 is 10.6 Å². The molecule has 4 aliphatic rings. The van der Waals surface area contributed by atoms with Gasteiger partial charge in [-0.1, -0.05) is 0 Å². The van der Waals surface area contributed by atoms with Gasteiger partial charge in [0.05, 0.1) is 29.0 Å². The molecule has 3 aromatic heterocycles. The number of carbonyl (C=O) groups is 2. The molecule has 2 amide bonds. The van der Waals surface area contributed by atoms with Crippen LogP contribution in [-0.2, 0) is 31.0 Å². The van der Waals surface area contributed by atoms with Gasteiger partial charge in [-0.2, -0.15) is 10.2 Å². The van der Waals surface area contributed by atoms with Crippen LogP contribution in [0.5, 0.6) is 0 Å². The Morgan fingerprint density at radius 3 is 2.57 bits per heavy atom. The van der Waals surface area contributed by atoms with Crippen LogP contribution in [-0.4, -0.2) is 46.1 Å². The van der Waals surface area contributed by atoms with Crippen molar-refractivity contribution < 1.29 is 9.59 Å². The Kier molecular flexibility index (Phi) is 5.03. The Hall–Kier alpha value is -3.21. The number of hydrogen-bond donors (Lipinski definition) is 2. The average molecular weight is 498 g/mol. The largest absolute Gasteiger partial charge is 0.346 e. The first-order chi connectivity index (χ1) is 16.8. The van der Waals surface area contributed by atoms with Crippen molar-refractivity contribution in [1.82, 2.24) is 39.6 Å². The summed E-state index contributed by atoms with van der Waals surface area (Å²) in [6.07, 6.45) is 12.3. The molecule has 2 N–H and O–H groups in total. The third kappa shape index (κ3) is 3.72. The molecule has 0 spiro atoms. The fourth-order valence-corrected chi connectivity index (χ4v) is 7.23. The van der Waals surface area contributed by atoms with Gasteiger partial charge in [0.25, 0.3) is 5.91 Å². The van der Waals surface area contributed by atoms with E-state index in [0.29, 0.717) is 36.2 Å². The first-order valence-corrected chi connectivity index (χ1v) is 12.3.